The second-order valence-corrected chi connectivity index (χ2v) is 6.72. The molecule has 12 nitrogen and oxygen atoms in total. The van der Waals surface area contributed by atoms with Gasteiger partial charge in [-0.2, -0.15) is 0 Å². The quantitative estimate of drug-likeness (QED) is 0.389. The number of amides is 2. The second-order valence-electron chi connectivity index (χ2n) is 6.72. The van der Waals surface area contributed by atoms with Gasteiger partial charge in [-0.25, -0.2) is 9.26 Å². The fourth-order valence-electron chi connectivity index (χ4n) is 2.65. The van der Waals surface area contributed by atoms with Crippen LogP contribution in [-0.2, 0) is 0 Å². The molecule has 0 aliphatic rings. The van der Waals surface area contributed by atoms with E-state index < -0.39 is 17.9 Å². The summed E-state index contributed by atoms with van der Waals surface area (Å²) in [5, 5.41) is 19.7. The summed E-state index contributed by atoms with van der Waals surface area (Å²) < 4.78 is 20.5. The van der Waals surface area contributed by atoms with E-state index in [1.807, 2.05) is 0 Å². The van der Waals surface area contributed by atoms with Crippen LogP contribution < -0.4 is 20.1 Å². The number of carbonyl (C=O) groups excluding carboxylic acids is 2. The number of hydrogen-bond donors (Lipinski definition) is 2. The molecule has 0 saturated heterocycles. The molecule has 0 radical (unpaired) electrons. The number of rotatable bonds is 9. The Labute approximate surface area is 186 Å². The Morgan fingerprint density at radius 1 is 0.788 bits per heavy atom. The van der Waals surface area contributed by atoms with Crippen LogP contribution in [0.25, 0.3) is 0 Å². The zero-order valence-corrected chi connectivity index (χ0v) is 17.3. The molecule has 0 aliphatic heterocycles. The van der Waals surface area contributed by atoms with Gasteiger partial charge in [0.1, 0.15) is 12.7 Å². The Balaban J connectivity index is 1.32. The van der Waals surface area contributed by atoms with Crippen molar-refractivity contribution in [1.82, 2.24) is 20.6 Å². The Kier molecular flexibility index (Phi) is 6.54. The Bertz CT molecular complexity index is 1210. The van der Waals surface area contributed by atoms with E-state index in [9.17, 15) is 9.59 Å². The van der Waals surface area contributed by atoms with E-state index in [-0.39, 0.29) is 30.0 Å². The van der Waals surface area contributed by atoms with Crippen molar-refractivity contribution in [2.24, 2.45) is 0 Å². The summed E-state index contributed by atoms with van der Waals surface area (Å²) in [6.45, 7) is 1.68. The van der Waals surface area contributed by atoms with Crippen molar-refractivity contribution < 1.29 is 28.3 Å². The molecule has 168 valence electrons. The van der Waals surface area contributed by atoms with Crippen molar-refractivity contribution in [3.8, 4) is 11.8 Å². The minimum Gasteiger partial charge on any atom is -0.469 e. The highest BCUT2D eigenvalue weighted by Gasteiger charge is 2.20. The van der Waals surface area contributed by atoms with Crippen molar-refractivity contribution in [3.05, 3.63) is 71.8 Å². The van der Waals surface area contributed by atoms with Crippen LogP contribution in [0.15, 0.2) is 69.9 Å². The smallest absolute Gasteiger partial charge is 0.301 e. The summed E-state index contributed by atoms with van der Waals surface area (Å²) in [5.41, 5.74) is 0.873. The number of ether oxygens (including phenoxy) is 2. The minimum atomic E-state index is -0.571. The zero-order chi connectivity index (χ0) is 23.0. The van der Waals surface area contributed by atoms with Crippen molar-refractivity contribution in [1.29, 1.82) is 0 Å². The van der Waals surface area contributed by atoms with E-state index in [0.29, 0.717) is 11.1 Å². The van der Waals surface area contributed by atoms with Gasteiger partial charge in [0.25, 0.3) is 11.8 Å². The Morgan fingerprint density at radius 3 is 1.82 bits per heavy atom. The molecule has 0 unspecified atom stereocenters. The summed E-state index contributed by atoms with van der Waals surface area (Å²) in [4.78, 5) is 24.6. The first-order valence-electron chi connectivity index (χ1n) is 9.77. The number of anilines is 2. The highest BCUT2D eigenvalue weighted by Crippen LogP contribution is 2.23. The lowest BCUT2D eigenvalue weighted by Gasteiger charge is -2.13. The second kappa shape index (κ2) is 10.0. The molecule has 0 saturated carbocycles. The molecule has 2 amide bonds. The largest absolute Gasteiger partial charge is 0.469 e. The Morgan fingerprint density at radius 2 is 1.27 bits per heavy atom. The lowest BCUT2D eigenvalue weighted by molar-refractivity contribution is 0.101. The van der Waals surface area contributed by atoms with Crippen LogP contribution in [0.3, 0.4) is 0 Å². The van der Waals surface area contributed by atoms with Gasteiger partial charge in [0.15, 0.2) is 0 Å². The molecule has 2 N–H and O–H groups in total. The number of benzene rings is 2. The van der Waals surface area contributed by atoms with E-state index in [0.717, 1.165) is 0 Å². The molecular weight excluding hydrogens is 432 g/mol. The molecule has 0 aliphatic carbocycles. The summed E-state index contributed by atoms with van der Waals surface area (Å²) in [6, 6.07) is 17.2. The van der Waals surface area contributed by atoms with Crippen LogP contribution in [-0.4, -0.2) is 45.2 Å². The zero-order valence-electron chi connectivity index (χ0n) is 17.3. The fraction of sp³-hybridized carbons (Fsp3) is 0.143. The first-order valence-corrected chi connectivity index (χ1v) is 9.77. The summed E-state index contributed by atoms with van der Waals surface area (Å²) in [5.74, 6) is -0.790. The van der Waals surface area contributed by atoms with Gasteiger partial charge >= 0.3 is 11.8 Å². The molecule has 1 atom stereocenters. The first-order chi connectivity index (χ1) is 16.1. The molecule has 2 heterocycles. The predicted molar refractivity (Wildman–Crippen MR) is 113 cm³/mol. The topological polar surface area (TPSA) is 154 Å². The van der Waals surface area contributed by atoms with E-state index in [1.165, 1.54) is 0 Å². The molecule has 0 spiro atoms. The molecule has 12 heteroatoms. The van der Waals surface area contributed by atoms with E-state index in [2.05, 4.69) is 40.5 Å². The first kappa shape index (κ1) is 21.5. The number of aromatic nitrogens is 4. The normalized spacial score (nSPS) is 11.4. The molecule has 4 rings (SSSR count). The maximum atomic E-state index is 12.3. The summed E-state index contributed by atoms with van der Waals surface area (Å²) in [7, 11) is 0. The van der Waals surface area contributed by atoms with Crippen LogP contribution in [0, 0.1) is 0 Å². The van der Waals surface area contributed by atoms with Gasteiger partial charge in [-0.15, -0.1) is 0 Å². The van der Waals surface area contributed by atoms with Gasteiger partial charge in [0.05, 0.1) is 0 Å². The molecule has 2 aromatic heterocycles. The minimum absolute atomic E-state index is 0.0125. The van der Waals surface area contributed by atoms with Crippen molar-refractivity contribution in [3.63, 3.8) is 0 Å². The third-order valence-electron chi connectivity index (χ3n) is 4.22. The summed E-state index contributed by atoms with van der Waals surface area (Å²) in [6.07, 6.45) is -0.571. The SMILES string of the molecule is C[C@H](COc1nonc1NC(=O)c1ccccc1)Oc1nonc1NC(=O)c1ccccc1. The van der Waals surface area contributed by atoms with Crippen LogP contribution >= 0.6 is 0 Å². The van der Waals surface area contributed by atoms with Crippen LogP contribution in [0.5, 0.6) is 11.8 Å². The van der Waals surface area contributed by atoms with Gasteiger partial charge in [0, 0.05) is 11.1 Å². The molecule has 4 aromatic rings. The van der Waals surface area contributed by atoms with Crippen molar-refractivity contribution in [2.45, 2.75) is 13.0 Å². The highest BCUT2D eigenvalue weighted by molar-refractivity contribution is 6.04. The molecule has 2 aromatic carbocycles. The average Bonchev–Trinajstić information content (AvgIpc) is 3.48. The lowest BCUT2D eigenvalue weighted by Crippen LogP contribution is -2.23. The fourth-order valence-corrected chi connectivity index (χ4v) is 2.65. The Hall–Kier alpha value is -4.74. The van der Waals surface area contributed by atoms with Crippen LogP contribution in [0.4, 0.5) is 11.6 Å². The molecular formula is C21H18N6O6. The van der Waals surface area contributed by atoms with Gasteiger partial charge in [-0.1, -0.05) is 36.4 Å². The third-order valence-corrected chi connectivity index (χ3v) is 4.22. The predicted octanol–water partition coefficient (Wildman–Crippen LogP) is 2.80. The van der Waals surface area contributed by atoms with E-state index in [4.69, 9.17) is 9.47 Å². The average molecular weight is 450 g/mol. The van der Waals surface area contributed by atoms with Crippen LogP contribution in [0.1, 0.15) is 27.6 Å². The highest BCUT2D eigenvalue weighted by atomic mass is 16.6. The van der Waals surface area contributed by atoms with Gasteiger partial charge in [-0.05, 0) is 51.8 Å². The third kappa shape index (κ3) is 5.50. The lowest BCUT2D eigenvalue weighted by atomic mass is 10.2. The molecule has 33 heavy (non-hydrogen) atoms. The standard InChI is InChI=1S/C21H18N6O6/c1-13(31-21-17(25-33-27-21)23-19(29)15-10-6-3-7-11-15)12-30-20-16(24-32-26-20)22-18(28)14-8-4-2-5-9-14/h2-11,13H,12H2,1H3,(H,22,24,28)(H,23,25,29)/t13-/m1/s1. The van der Waals surface area contributed by atoms with Crippen molar-refractivity contribution >= 4 is 23.5 Å². The van der Waals surface area contributed by atoms with Gasteiger partial charge in [-0.3, -0.25) is 20.2 Å². The molecule has 0 bridgehead atoms. The maximum absolute atomic E-state index is 12.3. The monoisotopic (exact) mass is 450 g/mol. The number of nitrogens with zero attached hydrogens (tertiary/aromatic N) is 4. The number of nitrogens with one attached hydrogen (secondary N) is 2. The number of hydrogen-bond acceptors (Lipinski definition) is 10. The van der Waals surface area contributed by atoms with E-state index in [1.54, 1.807) is 67.6 Å². The summed E-state index contributed by atoms with van der Waals surface area (Å²) >= 11 is 0. The van der Waals surface area contributed by atoms with Gasteiger partial charge < -0.3 is 9.47 Å². The van der Waals surface area contributed by atoms with E-state index >= 15 is 0 Å². The van der Waals surface area contributed by atoms with Crippen LogP contribution in [0.2, 0.25) is 0 Å². The number of carbonyl (C=O) groups is 2. The van der Waals surface area contributed by atoms with Crippen molar-refractivity contribution in [2.75, 3.05) is 17.2 Å². The molecule has 0 fully saturated rings. The maximum Gasteiger partial charge on any atom is 0.301 e. The van der Waals surface area contributed by atoms with Gasteiger partial charge in [0.2, 0.25) is 11.6 Å².